The number of nitrogens with zero attached hydrogens (tertiary/aromatic N) is 1. The number of hydrogen-bond acceptors (Lipinski definition) is 3. The second-order valence-electron chi connectivity index (χ2n) is 5.56. The molecule has 0 atom stereocenters. The minimum atomic E-state index is -3.41. The van der Waals surface area contributed by atoms with E-state index in [9.17, 15) is 8.42 Å². The number of halogens is 1. The van der Waals surface area contributed by atoms with E-state index in [0.29, 0.717) is 11.4 Å². The quantitative estimate of drug-likeness (QED) is 0.778. The maximum atomic E-state index is 12.3. The average Bonchev–Trinajstić information content (AvgIpc) is 2.47. The minimum Gasteiger partial charge on any atom is -0.303 e. The third kappa shape index (κ3) is 5.06. The summed E-state index contributed by atoms with van der Waals surface area (Å²) in [7, 11) is -3.41. The zero-order valence-corrected chi connectivity index (χ0v) is 14.8. The number of rotatable bonds is 6. The summed E-state index contributed by atoms with van der Waals surface area (Å²) in [6.07, 6.45) is 4.71. The van der Waals surface area contributed by atoms with Crippen LogP contribution in [0.15, 0.2) is 27.6 Å². The van der Waals surface area contributed by atoms with Crippen LogP contribution in [-0.2, 0) is 10.0 Å². The standard InChI is InChI=1S/C15H23BrN2O2S/c1-13-6-7-14(16)12-15(13)21(19,20)17-8-5-11-18-9-3-2-4-10-18/h6-7,12,17H,2-5,8-11H2,1H3. The Morgan fingerprint density at radius 2 is 1.95 bits per heavy atom. The Morgan fingerprint density at radius 1 is 1.24 bits per heavy atom. The Hall–Kier alpha value is -0.430. The molecule has 0 amide bonds. The molecule has 2 rings (SSSR count). The average molecular weight is 375 g/mol. The van der Waals surface area contributed by atoms with Gasteiger partial charge in [-0.15, -0.1) is 0 Å². The van der Waals surface area contributed by atoms with Crippen LogP contribution in [0.1, 0.15) is 31.2 Å². The lowest BCUT2D eigenvalue weighted by atomic mass is 10.1. The van der Waals surface area contributed by atoms with E-state index in [1.165, 1.54) is 19.3 Å². The van der Waals surface area contributed by atoms with Gasteiger partial charge in [0.15, 0.2) is 0 Å². The van der Waals surface area contributed by atoms with Crippen LogP contribution in [0.5, 0.6) is 0 Å². The van der Waals surface area contributed by atoms with E-state index < -0.39 is 10.0 Å². The monoisotopic (exact) mass is 374 g/mol. The molecule has 0 radical (unpaired) electrons. The van der Waals surface area contributed by atoms with Crippen molar-refractivity contribution >= 4 is 26.0 Å². The van der Waals surface area contributed by atoms with E-state index in [1.807, 2.05) is 19.1 Å². The number of sulfonamides is 1. The molecule has 1 aromatic rings. The van der Waals surface area contributed by atoms with Crippen LogP contribution in [0, 0.1) is 6.92 Å². The molecule has 0 unspecified atom stereocenters. The third-order valence-electron chi connectivity index (χ3n) is 3.83. The number of piperidine rings is 1. The second kappa shape index (κ2) is 7.72. The second-order valence-corrected chi connectivity index (χ2v) is 8.21. The van der Waals surface area contributed by atoms with Gasteiger partial charge in [-0.1, -0.05) is 28.4 Å². The molecule has 6 heteroatoms. The predicted octanol–water partition coefficient (Wildman–Crippen LogP) is 2.91. The highest BCUT2D eigenvalue weighted by atomic mass is 79.9. The van der Waals surface area contributed by atoms with Gasteiger partial charge in [-0.25, -0.2) is 13.1 Å². The summed E-state index contributed by atoms with van der Waals surface area (Å²) in [6.45, 7) is 5.58. The smallest absolute Gasteiger partial charge is 0.240 e. The maximum Gasteiger partial charge on any atom is 0.240 e. The van der Waals surface area contributed by atoms with Crippen molar-refractivity contribution in [1.82, 2.24) is 9.62 Å². The van der Waals surface area contributed by atoms with Gasteiger partial charge in [-0.3, -0.25) is 0 Å². The van der Waals surface area contributed by atoms with E-state index in [-0.39, 0.29) is 0 Å². The van der Waals surface area contributed by atoms with Gasteiger partial charge in [0, 0.05) is 11.0 Å². The van der Waals surface area contributed by atoms with Crippen LogP contribution in [0.25, 0.3) is 0 Å². The van der Waals surface area contributed by atoms with Crippen molar-refractivity contribution in [3.63, 3.8) is 0 Å². The van der Waals surface area contributed by atoms with Crippen LogP contribution in [0.3, 0.4) is 0 Å². The summed E-state index contributed by atoms with van der Waals surface area (Å²) in [4.78, 5) is 2.78. The van der Waals surface area contributed by atoms with E-state index in [2.05, 4.69) is 25.6 Å². The number of nitrogens with one attached hydrogen (secondary N) is 1. The Morgan fingerprint density at radius 3 is 2.67 bits per heavy atom. The summed E-state index contributed by atoms with van der Waals surface area (Å²) in [6, 6.07) is 5.32. The van der Waals surface area contributed by atoms with E-state index >= 15 is 0 Å². The van der Waals surface area contributed by atoms with Crippen LogP contribution in [0.4, 0.5) is 0 Å². The maximum absolute atomic E-state index is 12.3. The molecule has 0 aromatic heterocycles. The topological polar surface area (TPSA) is 49.4 Å². The molecule has 0 bridgehead atoms. The van der Waals surface area contributed by atoms with Crippen LogP contribution in [-0.4, -0.2) is 39.5 Å². The van der Waals surface area contributed by atoms with Crippen molar-refractivity contribution in [3.05, 3.63) is 28.2 Å². The lowest BCUT2D eigenvalue weighted by Crippen LogP contribution is -2.33. The SMILES string of the molecule is Cc1ccc(Br)cc1S(=O)(=O)NCCCN1CCCCC1. The third-order valence-corrected chi connectivity index (χ3v) is 5.93. The van der Waals surface area contributed by atoms with Crippen molar-refractivity contribution in [2.75, 3.05) is 26.2 Å². The van der Waals surface area contributed by atoms with Crippen LogP contribution in [0.2, 0.25) is 0 Å². The Balaban J connectivity index is 1.85. The molecule has 1 aliphatic heterocycles. The van der Waals surface area contributed by atoms with Gasteiger partial charge in [-0.05, 0) is 63.5 Å². The summed E-state index contributed by atoms with van der Waals surface area (Å²) in [5.74, 6) is 0. The van der Waals surface area contributed by atoms with Gasteiger partial charge in [0.2, 0.25) is 10.0 Å². The predicted molar refractivity (Wildman–Crippen MR) is 89.0 cm³/mol. The molecule has 1 aliphatic rings. The largest absolute Gasteiger partial charge is 0.303 e. The van der Waals surface area contributed by atoms with Crippen molar-refractivity contribution in [2.45, 2.75) is 37.5 Å². The Labute approximate surface area is 136 Å². The highest BCUT2D eigenvalue weighted by Gasteiger charge is 2.17. The molecule has 0 saturated carbocycles. The fourth-order valence-corrected chi connectivity index (χ4v) is 4.49. The molecular weight excluding hydrogens is 352 g/mol. The lowest BCUT2D eigenvalue weighted by molar-refractivity contribution is 0.227. The number of likely N-dealkylation sites (tertiary alicyclic amines) is 1. The summed E-state index contributed by atoms with van der Waals surface area (Å²) < 4.78 is 28.1. The fourth-order valence-electron chi connectivity index (χ4n) is 2.63. The van der Waals surface area contributed by atoms with E-state index in [4.69, 9.17) is 0 Å². The molecule has 4 nitrogen and oxygen atoms in total. The normalized spacial score (nSPS) is 17.0. The summed E-state index contributed by atoms with van der Waals surface area (Å²) in [5, 5.41) is 0. The first kappa shape index (κ1) is 16.9. The Kier molecular flexibility index (Phi) is 6.22. The summed E-state index contributed by atoms with van der Waals surface area (Å²) >= 11 is 3.32. The van der Waals surface area contributed by atoms with Crippen molar-refractivity contribution in [2.24, 2.45) is 0 Å². The lowest BCUT2D eigenvalue weighted by Gasteiger charge is -2.26. The zero-order chi connectivity index (χ0) is 15.3. The highest BCUT2D eigenvalue weighted by Crippen LogP contribution is 2.20. The van der Waals surface area contributed by atoms with Crippen molar-refractivity contribution < 1.29 is 8.42 Å². The molecule has 21 heavy (non-hydrogen) atoms. The fraction of sp³-hybridized carbons (Fsp3) is 0.600. The highest BCUT2D eigenvalue weighted by molar-refractivity contribution is 9.10. The van der Waals surface area contributed by atoms with Crippen molar-refractivity contribution in [3.8, 4) is 0 Å². The van der Waals surface area contributed by atoms with Gasteiger partial charge >= 0.3 is 0 Å². The first-order valence-corrected chi connectivity index (χ1v) is 9.75. The molecule has 1 aromatic carbocycles. The van der Waals surface area contributed by atoms with Gasteiger partial charge in [0.05, 0.1) is 4.90 Å². The first-order valence-electron chi connectivity index (χ1n) is 7.47. The first-order chi connectivity index (χ1) is 9.99. The van der Waals surface area contributed by atoms with Gasteiger partial charge < -0.3 is 4.90 Å². The van der Waals surface area contributed by atoms with E-state index in [1.54, 1.807) is 6.07 Å². The van der Waals surface area contributed by atoms with Gasteiger partial charge in [-0.2, -0.15) is 0 Å². The molecule has 0 spiro atoms. The molecule has 118 valence electrons. The zero-order valence-electron chi connectivity index (χ0n) is 12.4. The molecule has 1 saturated heterocycles. The van der Waals surface area contributed by atoms with Gasteiger partial charge in [0.25, 0.3) is 0 Å². The number of aryl methyl sites for hydroxylation is 1. The van der Waals surface area contributed by atoms with Gasteiger partial charge in [0.1, 0.15) is 0 Å². The molecular formula is C15H23BrN2O2S. The number of benzene rings is 1. The summed E-state index contributed by atoms with van der Waals surface area (Å²) in [5.41, 5.74) is 0.765. The molecule has 1 heterocycles. The van der Waals surface area contributed by atoms with E-state index in [0.717, 1.165) is 36.1 Å². The van der Waals surface area contributed by atoms with Crippen LogP contribution < -0.4 is 4.72 Å². The molecule has 0 aliphatic carbocycles. The van der Waals surface area contributed by atoms with Crippen LogP contribution >= 0.6 is 15.9 Å². The number of hydrogen-bond donors (Lipinski definition) is 1. The van der Waals surface area contributed by atoms with Crippen molar-refractivity contribution in [1.29, 1.82) is 0 Å². The Bertz CT molecular complexity index is 569. The minimum absolute atomic E-state index is 0.356. The molecule has 1 N–H and O–H groups in total. The molecule has 1 fully saturated rings.